The Kier molecular flexibility index (Phi) is 7.11. The Balaban J connectivity index is 1.27. The number of nitrogens with zero attached hydrogens (tertiary/aromatic N) is 3. The van der Waals surface area contributed by atoms with Crippen LogP contribution in [-0.2, 0) is 16.1 Å². The molecule has 2 aromatic rings. The van der Waals surface area contributed by atoms with Crippen LogP contribution in [-0.4, -0.2) is 79.5 Å². The summed E-state index contributed by atoms with van der Waals surface area (Å²) >= 11 is 0. The minimum atomic E-state index is -0.423. The zero-order chi connectivity index (χ0) is 24.2. The minimum Gasteiger partial charge on any atom is -0.379 e. The molecule has 1 N–H and O–H groups in total. The van der Waals surface area contributed by atoms with Crippen LogP contribution < -0.4 is 10.2 Å². The fourth-order valence-corrected chi connectivity index (χ4v) is 5.20. The quantitative estimate of drug-likeness (QED) is 0.620. The van der Waals surface area contributed by atoms with Crippen LogP contribution in [0, 0.1) is 0 Å². The fraction of sp³-hybridized carbons (Fsp3) is 0.444. The van der Waals surface area contributed by atoms with E-state index in [9.17, 15) is 14.4 Å². The second-order valence-corrected chi connectivity index (χ2v) is 9.36. The molecule has 3 aliphatic heterocycles. The molecule has 1 unspecified atom stereocenters. The third-order valence-electron chi connectivity index (χ3n) is 7.06. The van der Waals surface area contributed by atoms with Crippen molar-refractivity contribution in [1.82, 2.24) is 15.1 Å². The topological polar surface area (TPSA) is 82.2 Å². The molecule has 0 saturated carbocycles. The molecule has 2 aromatic carbocycles. The van der Waals surface area contributed by atoms with E-state index in [1.807, 2.05) is 36.4 Å². The van der Waals surface area contributed by atoms with Gasteiger partial charge < -0.3 is 19.9 Å². The van der Waals surface area contributed by atoms with Crippen LogP contribution >= 0.6 is 0 Å². The first kappa shape index (κ1) is 23.5. The maximum Gasteiger partial charge on any atom is 0.256 e. The van der Waals surface area contributed by atoms with E-state index in [0.29, 0.717) is 42.9 Å². The summed E-state index contributed by atoms with van der Waals surface area (Å²) in [5, 5.41) is 3.01. The number of benzene rings is 2. The lowest BCUT2D eigenvalue weighted by Gasteiger charge is -2.26. The van der Waals surface area contributed by atoms with Gasteiger partial charge in [0.2, 0.25) is 5.91 Å². The maximum atomic E-state index is 13.5. The molecule has 0 bridgehead atoms. The summed E-state index contributed by atoms with van der Waals surface area (Å²) in [5.41, 5.74) is 2.62. The number of hydrogen-bond acceptors (Lipinski definition) is 5. The zero-order valence-electron chi connectivity index (χ0n) is 19.9. The number of amides is 3. The number of para-hydroxylation sites is 1. The van der Waals surface area contributed by atoms with Crippen molar-refractivity contribution in [1.29, 1.82) is 0 Å². The van der Waals surface area contributed by atoms with Gasteiger partial charge in [0.15, 0.2) is 0 Å². The van der Waals surface area contributed by atoms with Gasteiger partial charge in [-0.05, 0) is 55.6 Å². The summed E-state index contributed by atoms with van der Waals surface area (Å²) in [6, 6.07) is 14.3. The molecule has 35 heavy (non-hydrogen) atoms. The van der Waals surface area contributed by atoms with Gasteiger partial charge in [0, 0.05) is 31.7 Å². The number of fused-ring (bicyclic) bond motifs is 2. The van der Waals surface area contributed by atoms with Crippen LogP contribution in [0.5, 0.6) is 0 Å². The van der Waals surface area contributed by atoms with Crippen LogP contribution in [0.25, 0.3) is 0 Å². The number of rotatable bonds is 7. The van der Waals surface area contributed by atoms with Crippen molar-refractivity contribution >= 4 is 23.4 Å². The van der Waals surface area contributed by atoms with E-state index in [-0.39, 0.29) is 17.7 Å². The first-order valence-electron chi connectivity index (χ1n) is 12.5. The average molecular weight is 477 g/mol. The third-order valence-corrected chi connectivity index (χ3v) is 7.06. The summed E-state index contributed by atoms with van der Waals surface area (Å²) in [5.74, 6) is -0.253. The average Bonchev–Trinajstić information content (AvgIpc) is 3.37. The first-order valence-corrected chi connectivity index (χ1v) is 12.5. The van der Waals surface area contributed by atoms with Crippen molar-refractivity contribution in [3.63, 3.8) is 0 Å². The van der Waals surface area contributed by atoms with E-state index in [2.05, 4.69) is 10.2 Å². The lowest BCUT2D eigenvalue weighted by atomic mass is 10.1. The number of morpholine rings is 1. The van der Waals surface area contributed by atoms with Crippen LogP contribution in [0.1, 0.15) is 45.5 Å². The molecule has 3 amide bonds. The number of nitrogens with one attached hydrogen (secondary N) is 1. The number of anilines is 1. The van der Waals surface area contributed by atoms with Gasteiger partial charge in [-0.15, -0.1) is 0 Å². The zero-order valence-corrected chi connectivity index (χ0v) is 19.9. The molecule has 0 spiro atoms. The van der Waals surface area contributed by atoms with Crippen LogP contribution in [0.2, 0.25) is 0 Å². The van der Waals surface area contributed by atoms with E-state index in [4.69, 9.17) is 4.74 Å². The van der Waals surface area contributed by atoms with Gasteiger partial charge in [-0.25, -0.2) is 0 Å². The van der Waals surface area contributed by atoms with Gasteiger partial charge in [-0.2, -0.15) is 0 Å². The summed E-state index contributed by atoms with van der Waals surface area (Å²) in [4.78, 5) is 45.2. The number of ether oxygens (including phenoxy) is 1. The molecule has 2 saturated heterocycles. The Morgan fingerprint density at radius 3 is 2.71 bits per heavy atom. The highest BCUT2D eigenvalue weighted by Crippen LogP contribution is 2.33. The van der Waals surface area contributed by atoms with Crippen molar-refractivity contribution in [3.8, 4) is 0 Å². The van der Waals surface area contributed by atoms with Crippen molar-refractivity contribution in [2.45, 2.75) is 31.8 Å². The summed E-state index contributed by atoms with van der Waals surface area (Å²) in [6.45, 7) is 5.91. The largest absolute Gasteiger partial charge is 0.379 e. The molecule has 8 nitrogen and oxygen atoms in total. The second kappa shape index (κ2) is 10.6. The van der Waals surface area contributed by atoms with Crippen LogP contribution in [0.3, 0.4) is 0 Å². The monoisotopic (exact) mass is 476 g/mol. The van der Waals surface area contributed by atoms with Crippen molar-refractivity contribution in [3.05, 3.63) is 65.2 Å². The van der Waals surface area contributed by atoms with Gasteiger partial charge >= 0.3 is 0 Å². The van der Waals surface area contributed by atoms with Gasteiger partial charge in [0.05, 0.1) is 31.0 Å². The van der Waals surface area contributed by atoms with Gasteiger partial charge in [-0.3, -0.25) is 19.3 Å². The normalized spacial score (nSPS) is 20.4. The van der Waals surface area contributed by atoms with E-state index in [1.165, 1.54) is 0 Å². The van der Waals surface area contributed by atoms with E-state index in [1.54, 1.807) is 21.9 Å². The molecule has 1 atom stereocenters. The summed E-state index contributed by atoms with van der Waals surface area (Å²) in [7, 11) is 0. The summed E-state index contributed by atoms with van der Waals surface area (Å²) < 4.78 is 5.37. The maximum absolute atomic E-state index is 13.5. The molecular formula is C27H32N4O4. The van der Waals surface area contributed by atoms with E-state index >= 15 is 0 Å². The highest BCUT2D eigenvalue weighted by molar-refractivity contribution is 6.11. The van der Waals surface area contributed by atoms with Gasteiger partial charge in [0.1, 0.15) is 6.04 Å². The Bertz CT molecular complexity index is 1100. The molecule has 0 radical (unpaired) electrons. The summed E-state index contributed by atoms with van der Waals surface area (Å²) in [6.07, 6.45) is 2.40. The van der Waals surface area contributed by atoms with Crippen LogP contribution in [0.15, 0.2) is 48.5 Å². The highest BCUT2D eigenvalue weighted by atomic mass is 16.5. The van der Waals surface area contributed by atoms with Gasteiger partial charge in [-0.1, -0.05) is 24.3 Å². The Hall–Kier alpha value is -3.23. The lowest BCUT2D eigenvalue weighted by molar-refractivity contribution is -0.122. The predicted molar refractivity (Wildman–Crippen MR) is 132 cm³/mol. The first-order chi connectivity index (χ1) is 17.1. The van der Waals surface area contributed by atoms with Crippen molar-refractivity contribution in [2.24, 2.45) is 0 Å². The second-order valence-electron chi connectivity index (χ2n) is 9.36. The highest BCUT2D eigenvalue weighted by Gasteiger charge is 2.41. The van der Waals surface area contributed by atoms with Gasteiger partial charge in [0.25, 0.3) is 11.8 Å². The Morgan fingerprint density at radius 1 is 1.03 bits per heavy atom. The molecular weight excluding hydrogens is 444 g/mol. The molecule has 3 heterocycles. The molecule has 5 rings (SSSR count). The molecule has 8 heteroatoms. The molecule has 2 fully saturated rings. The van der Waals surface area contributed by atoms with E-state index < -0.39 is 6.04 Å². The molecule has 184 valence electrons. The molecule has 3 aliphatic rings. The van der Waals surface area contributed by atoms with Crippen molar-refractivity contribution < 1.29 is 19.1 Å². The SMILES string of the molecule is O=C(NCCCN1CCOCC1)c1cccc(CN2C(=O)C3CCCN3C(=O)c3ccccc32)c1. The lowest BCUT2D eigenvalue weighted by Crippen LogP contribution is -2.44. The number of hydrogen-bond donors (Lipinski definition) is 1. The molecule has 0 aromatic heterocycles. The predicted octanol–water partition coefficient (Wildman–Crippen LogP) is 2.29. The number of carbonyl (C=O) groups excluding carboxylic acids is 3. The van der Waals surface area contributed by atoms with Crippen LogP contribution in [0.4, 0.5) is 5.69 Å². The fourth-order valence-electron chi connectivity index (χ4n) is 5.20. The Labute approximate surface area is 205 Å². The van der Waals surface area contributed by atoms with E-state index in [0.717, 1.165) is 51.3 Å². The standard InChI is InChI=1S/C27H32N4O4/c32-25(28-11-5-12-29-14-16-35-17-15-29)21-7-3-6-20(18-21)19-31-23-9-2-1-8-22(23)26(33)30-13-4-10-24(30)27(31)34/h1-3,6-9,18,24H,4-5,10-17,19H2,(H,28,32). The van der Waals surface area contributed by atoms with Crippen molar-refractivity contribution in [2.75, 3.05) is 50.8 Å². The smallest absolute Gasteiger partial charge is 0.256 e. The third kappa shape index (κ3) is 5.09. The molecule has 0 aliphatic carbocycles. The minimum absolute atomic E-state index is 0.0567. The Morgan fingerprint density at radius 2 is 1.86 bits per heavy atom. The number of carbonyl (C=O) groups is 3.